The van der Waals surface area contributed by atoms with Crippen LogP contribution in [0, 0.1) is 0 Å². The minimum atomic E-state index is -0.383. The summed E-state index contributed by atoms with van der Waals surface area (Å²) in [6.07, 6.45) is 5.59. The molecule has 3 aromatic rings. The van der Waals surface area contributed by atoms with Gasteiger partial charge in [-0.2, -0.15) is 0 Å². The number of methoxy groups -OCH3 is 1. The number of aryl methyl sites for hydroxylation is 1. The second kappa shape index (κ2) is 8.54. The van der Waals surface area contributed by atoms with Crippen LogP contribution in [0.5, 0.6) is 5.75 Å². The minimum absolute atomic E-state index is 0.381. The van der Waals surface area contributed by atoms with Crippen LogP contribution in [0.15, 0.2) is 67.3 Å². The number of ether oxygens (including phenoxy) is 2. The van der Waals surface area contributed by atoms with Crippen LogP contribution in [0.4, 0.5) is 0 Å². The summed E-state index contributed by atoms with van der Waals surface area (Å²) in [5.74, 6) is 0.374. The Labute approximate surface area is 157 Å². The molecule has 0 amide bonds. The zero-order valence-electron chi connectivity index (χ0n) is 14.3. The maximum atomic E-state index is 12.5. The van der Waals surface area contributed by atoms with Crippen molar-refractivity contribution in [2.75, 3.05) is 7.11 Å². The Balaban J connectivity index is 1.76. The zero-order valence-corrected chi connectivity index (χ0v) is 15.1. The van der Waals surface area contributed by atoms with Crippen molar-refractivity contribution in [3.8, 4) is 5.75 Å². The van der Waals surface area contributed by atoms with Crippen molar-refractivity contribution in [1.29, 1.82) is 0 Å². The average molecular weight is 371 g/mol. The molecule has 0 saturated carbocycles. The maximum absolute atomic E-state index is 12.5. The fourth-order valence-corrected chi connectivity index (χ4v) is 2.71. The lowest BCUT2D eigenvalue weighted by Gasteiger charge is -2.19. The number of carbonyl (C=O) groups is 1. The molecule has 6 heteroatoms. The fraction of sp³-hybridized carbons (Fsp3) is 0.200. The van der Waals surface area contributed by atoms with E-state index in [4.69, 9.17) is 21.1 Å². The number of rotatable bonds is 7. The molecule has 1 aromatic heterocycles. The minimum Gasteiger partial charge on any atom is -0.497 e. The molecular weight excluding hydrogens is 352 g/mol. The summed E-state index contributed by atoms with van der Waals surface area (Å²) >= 11 is 5.88. The topological polar surface area (TPSA) is 53.4 Å². The second-order valence-electron chi connectivity index (χ2n) is 5.76. The molecule has 0 N–H and O–H groups in total. The smallest absolute Gasteiger partial charge is 0.338 e. The lowest BCUT2D eigenvalue weighted by molar-refractivity contribution is 0.0266. The summed E-state index contributed by atoms with van der Waals surface area (Å²) in [6.45, 7) is 0.685. The predicted molar refractivity (Wildman–Crippen MR) is 99.4 cm³/mol. The molecule has 0 spiro atoms. The van der Waals surface area contributed by atoms with Crippen LogP contribution in [0.1, 0.15) is 28.4 Å². The van der Waals surface area contributed by atoms with Crippen molar-refractivity contribution in [3.63, 3.8) is 0 Å². The number of benzene rings is 2. The van der Waals surface area contributed by atoms with Crippen molar-refractivity contribution in [3.05, 3.63) is 83.4 Å². The molecule has 5 nitrogen and oxygen atoms in total. The van der Waals surface area contributed by atoms with Crippen LogP contribution in [0.25, 0.3) is 0 Å². The highest BCUT2D eigenvalue weighted by molar-refractivity contribution is 6.30. The second-order valence-corrected chi connectivity index (χ2v) is 6.20. The van der Waals surface area contributed by atoms with E-state index >= 15 is 0 Å². The van der Waals surface area contributed by atoms with E-state index in [9.17, 15) is 4.79 Å². The zero-order chi connectivity index (χ0) is 18.4. The Morgan fingerprint density at radius 2 is 1.88 bits per heavy atom. The maximum Gasteiger partial charge on any atom is 0.338 e. The third kappa shape index (κ3) is 4.64. The quantitative estimate of drug-likeness (QED) is 0.573. The van der Waals surface area contributed by atoms with Gasteiger partial charge in [0, 0.05) is 30.4 Å². The SMILES string of the molecule is COc1ccc(C(CCn2ccnc2)OC(=O)c2ccc(Cl)cc2)cc1. The first-order valence-electron chi connectivity index (χ1n) is 8.22. The molecule has 1 unspecified atom stereocenters. The van der Waals surface area contributed by atoms with Gasteiger partial charge in [0.25, 0.3) is 0 Å². The first-order chi connectivity index (χ1) is 12.7. The van der Waals surface area contributed by atoms with Gasteiger partial charge in [0.1, 0.15) is 11.9 Å². The van der Waals surface area contributed by atoms with E-state index in [0.717, 1.165) is 11.3 Å². The molecule has 0 aliphatic rings. The van der Waals surface area contributed by atoms with Crippen molar-refractivity contribution in [2.45, 2.75) is 19.1 Å². The van der Waals surface area contributed by atoms with E-state index in [0.29, 0.717) is 23.6 Å². The first-order valence-corrected chi connectivity index (χ1v) is 8.60. The molecule has 134 valence electrons. The van der Waals surface area contributed by atoms with E-state index in [2.05, 4.69) is 4.98 Å². The van der Waals surface area contributed by atoms with E-state index in [1.165, 1.54) is 0 Å². The van der Waals surface area contributed by atoms with Gasteiger partial charge in [-0.3, -0.25) is 0 Å². The highest BCUT2D eigenvalue weighted by Gasteiger charge is 2.18. The Kier molecular flexibility index (Phi) is 5.92. The lowest BCUT2D eigenvalue weighted by Crippen LogP contribution is -2.14. The van der Waals surface area contributed by atoms with Crippen molar-refractivity contribution < 1.29 is 14.3 Å². The summed E-state index contributed by atoms with van der Waals surface area (Å²) < 4.78 is 12.9. The predicted octanol–water partition coefficient (Wildman–Crippen LogP) is 4.53. The molecule has 0 saturated heterocycles. The summed E-state index contributed by atoms with van der Waals surface area (Å²) in [5, 5.41) is 0.577. The third-order valence-electron chi connectivity index (χ3n) is 4.03. The summed E-state index contributed by atoms with van der Waals surface area (Å²) in [4.78, 5) is 16.6. The number of imidazole rings is 1. The molecule has 0 bridgehead atoms. The van der Waals surface area contributed by atoms with Gasteiger partial charge in [0.2, 0.25) is 0 Å². The van der Waals surface area contributed by atoms with Crippen LogP contribution in [0.2, 0.25) is 5.02 Å². The molecule has 2 aromatic carbocycles. The van der Waals surface area contributed by atoms with E-state index < -0.39 is 0 Å². The van der Waals surface area contributed by atoms with Gasteiger partial charge < -0.3 is 14.0 Å². The number of carbonyl (C=O) groups excluding carboxylic acids is 1. The number of esters is 1. The largest absolute Gasteiger partial charge is 0.497 e. The van der Waals surface area contributed by atoms with Crippen molar-refractivity contribution >= 4 is 17.6 Å². The van der Waals surface area contributed by atoms with Gasteiger partial charge in [-0.1, -0.05) is 23.7 Å². The van der Waals surface area contributed by atoms with Crippen molar-refractivity contribution in [2.24, 2.45) is 0 Å². The fourth-order valence-electron chi connectivity index (χ4n) is 2.58. The van der Waals surface area contributed by atoms with Crippen LogP contribution >= 0.6 is 11.6 Å². The molecule has 0 fully saturated rings. The molecule has 0 radical (unpaired) electrons. The number of hydrogen-bond donors (Lipinski definition) is 0. The molecule has 3 rings (SSSR count). The molecule has 1 atom stereocenters. The van der Waals surface area contributed by atoms with E-state index in [-0.39, 0.29) is 12.1 Å². The van der Waals surface area contributed by atoms with Gasteiger partial charge in [0.05, 0.1) is 19.0 Å². The number of nitrogens with zero attached hydrogens (tertiary/aromatic N) is 2. The molecule has 0 aliphatic carbocycles. The van der Waals surface area contributed by atoms with Crippen LogP contribution < -0.4 is 4.74 Å². The van der Waals surface area contributed by atoms with E-state index in [1.807, 2.05) is 35.0 Å². The number of halogens is 1. The lowest BCUT2D eigenvalue weighted by atomic mass is 10.1. The average Bonchev–Trinajstić information content (AvgIpc) is 3.19. The van der Waals surface area contributed by atoms with Gasteiger partial charge in [0.15, 0.2) is 0 Å². The standard InChI is InChI=1S/C20H19ClN2O3/c1-25-18-8-4-15(5-9-18)19(10-12-23-13-11-22-14-23)26-20(24)16-2-6-17(21)7-3-16/h2-9,11,13-14,19H,10,12H2,1H3. The van der Waals surface area contributed by atoms with Gasteiger partial charge in [-0.15, -0.1) is 0 Å². The molecule has 26 heavy (non-hydrogen) atoms. The Morgan fingerprint density at radius 1 is 1.15 bits per heavy atom. The molecule has 1 heterocycles. The molecular formula is C20H19ClN2O3. The Hall–Kier alpha value is -2.79. The highest BCUT2D eigenvalue weighted by Crippen LogP contribution is 2.26. The Bertz CT molecular complexity index is 831. The van der Waals surface area contributed by atoms with Crippen LogP contribution in [-0.4, -0.2) is 22.6 Å². The van der Waals surface area contributed by atoms with Crippen molar-refractivity contribution in [1.82, 2.24) is 9.55 Å². The van der Waals surface area contributed by atoms with Crippen LogP contribution in [-0.2, 0) is 11.3 Å². The molecule has 0 aliphatic heterocycles. The highest BCUT2D eigenvalue weighted by atomic mass is 35.5. The summed E-state index contributed by atoms with van der Waals surface area (Å²) in [6, 6.07) is 14.2. The van der Waals surface area contributed by atoms with Crippen LogP contribution in [0.3, 0.4) is 0 Å². The number of aromatic nitrogens is 2. The van der Waals surface area contributed by atoms with Gasteiger partial charge in [-0.25, -0.2) is 9.78 Å². The first kappa shape index (κ1) is 18.0. The monoisotopic (exact) mass is 370 g/mol. The normalized spacial score (nSPS) is 11.8. The Morgan fingerprint density at radius 3 is 2.50 bits per heavy atom. The van der Waals surface area contributed by atoms with E-state index in [1.54, 1.807) is 43.9 Å². The number of hydrogen-bond acceptors (Lipinski definition) is 4. The summed E-state index contributed by atoms with van der Waals surface area (Å²) in [5.41, 5.74) is 1.38. The van der Waals surface area contributed by atoms with Gasteiger partial charge >= 0.3 is 5.97 Å². The third-order valence-corrected chi connectivity index (χ3v) is 4.28. The summed E-state index contributed by atoms with van der Waals surface area (Å²) in [7, 11) is 1.62. The van der Waals surface area contributed by atoms with Gasteiger partial charge in [-0.05, 0) is 42.0 Å².